The van der Waals surface area contributed by atoms with Crippen LogP contribution in [0.2, 0.25) is 5.02 Å². The van der Waals surface area contributed by atoms with Crippen LogP contribution in [-0.4, -0.2) is 21.0 Å². The molecule has 0 atom stereocenters. The predicted octanol–water partition coefficient (Wildman–Crippen LogP) is 3.42. The van der Waals surface area contributed by atoms with E-state index in [2.05, 4.69) is 10.4 Å². The third-order valence-corrected chi connectivity index (χ3v) is 3.76. The minimum atomic E-state index is -0.597. The lowest BCUT2D eigenvalue weighted by Gasteiger charge is -2.06. The van der Waals surface area contributed by atoms with E-state index in [9.17, 15) is 4.79 Å². The molecule has 0 aliphatic carbocycles. The topological polar surface area (TPSA) is 89.5 Å². The summed E-state index contributed by atoms with van der Waals surface area (Å²) < 4.78 is 12.1. The second kappa shape index (κ2) is 7.87. The highest BCUT2D eigenvalue weighted by atomic mass is 35.5. The number of halogens is 1. The normalized spacial score (nSPS) is 10.6. The van der Waals surface area contributed by atoms with Gasteiger partial charge < -0.3 is 14.3 Å². The largest absolute Gasteiger partial charge is 0.462 e. The zero-order valence-corrected chi connectivity index (χ0v) is 13.9. The van der Waals surface area contributed by atoms with Gasteiger partial charge in [-0.1, -0.05) is 29.8 Å². The quantitative estimate of drug-likeness (QED) is 0.702. The number of hydrogen-bond donors (Lipinski definition) is 2. The van der Waals surface area contributed by atoms with Crippen molar-refractivity contribution in [2.75, 3.05) is 5.32 Å². The number of hydrogen-bond acceptors (Lipinski definition) is 5. The molecule has 2 heterocycles. The lowest BCUT2D eigenvalue weighted by molar-refractivity contribution is 0.155. The van der Waals surface area contributed by atoms with E-state index in [1.54, 1.807) is 35.1 Å². The van der Waals surface area contributed by atoms with Gasteiger partial charge in [-0.05, 0) is 18.2 Å². The van der Waals surface area contributed by atoms with Crippen LogP contribution in [0.4, 0.5) is 10.5 Å². The fourth-order valence-electron chi connectivity index (χ4n) is 2.18. The molecule has 8 heteroatoms. The third kappa shape index (κ3) is 4.62. The number of nitrogens with zero attached hydrogens (tertiary/aromatic N) is 2. The van der Waals surface area contributed by atoms with E-state index in [-0.39, 0.29) is 13.2 Å². The maximum Gasteiger partial charge on any atom is 0.412 e. The Bertz CT molecular complexity index is 859. The lowest BCUT2D eigenvalue weighted by atomic mass is 10.2. The van der Waals surface area contributed by atoms with Gasteiger partial charge in [0.2, 0.25) is 0 Å². The highest BCUT2D eigenvalue weighted by Gasteiger charge is 2.09. The van der Waals surface area contributed by atoms with Gasteiger partial charge in [0.1, 0.15) is 24.7 Å². The van der Waals surface area contributed by atoms with Gasteiger partial charge in [-0.2, -0.15) is 5.10 Å². The fourth-order valence-corrected chi connectivity index (χ4v) is 2.37. The van der Waals surface area contributed by atoms with Gasteiger partial charge >= 0.3 is 6.09 Å². The Balaban J connectivity index is 1.52. The molecule has 0 bridgehead atoms. The second-order valence-electron chi connectivity index (χ2n) is 5.25. The molecule has 130 valence electrons. The van der Waals surface area contributed by atoms with Crippen molar-refractivity contribution in [3.8, 4) is 0 Å². The van der Waals surface area contributed by atoms with Crippen molar-refractivity contribution in [1.29, 1.82) is 0 Å². The van der Waals surface area contributed by atoms with E-state index >= 15 is 0 Å². The van der Waals surface area contributed by atoms with Crippen molar-refractivity contribution in [3.63, 3.8) is 0 Å². The van der Waals surface area contributed by atoms with Crippen LogP contribution >= 0.6 is 11.6 Å². The van der Waals surface area contributed by atoms with Gasteiger partial charge in [-0.3, -0.25) is 10.00 Å². The maximum atomic E-state index is 11.8. The molecule has 3 rings (SSSR count). The Labute approximate surface area is 148 Å². The van der Waals surface area contributed by atoms with Crippen LogP contribution in [0.15, 0.2) is 53.2 Å². The Morgan fingerprint density at radius 1 is 1.28 bits per heavy atom. The molecular weight excluding hydrogens is 346 g/mol. The van der Waals surface area contributed by atoms with E-state index in [1.807, 2.05) is 12.1 Å². The maximum absolute atomic E-state index is 11.8. The van der Waals surface area contributed by atoms with Gasteiger partial charge in [-0.15, -0.1) is 0 Å². The summed E-state index contributed by atoms with van der Waals surface area (Å²) in [4.78, 5) is 11.8. The van der Waals surface area contributed by atoms with Crippen molar-refractivity contribution in [3.05, 3.63) is 70.9 Å². The first-order valence-corrected chi connectivity index (χ1v) is 7.90. The van der Waals surface area contributed by atoms with Gasteiger partial charge in [0.15, 0.2) is 0 Å². The number of rotatable bonds is 6. The molecule has 0 aliphatic rings. The van der Waals surface area contributed by atoms with E-state index in [0.29, 0.717) is 28.8 Å². The number of amides is 1. The summed E-state index contributed by atoms with van der Waals surface area (Å²) in [6.45, 7) is 0.315. The minimum Gasteiger partial charge on any atom is -0.462 e. The number of aliphatic hydroxyl groups is 1. The Hall–Kier alpha value is -2.77. The number of aliphatic hydroxyl groups excluding tert-OH is 1. The van der Waals surface area contributed by atoms with Crippen molar-refractivity contribution in [2.24, 2.45) is 0 Å². The van der Waals surface area contributed by atoms with E-state index in [0.717, 1.165) is 5.56 Å². The number of anilines is 1. The van der Waals surface area contributed by atoms with E-state index in [1.165, 1.54) is 6.20 Å². The summed E-state index contributed by atoms with van der Waals surface area (Å²) >= 11 is 6.01. The molecule has 7 nitrogen and oxygen atoms in total. The summed E-state index contributed by atoms with van der Waals surface area (Å²) in [6, 6.07) is 10.6. The molecular formula is C17H16ClN3O4. The molecule has 0 radical (unpaired) electrons. The second-order valence-corrected chi connectivity index (χ2v) is 5.65. The van der Waals surface area contributed by atoms with Crippen LogP contribution in [0.25, 0.3) is 0 Å². The van der Waals surface area contributed by atoms with Crippen LogP contribution in [0.3, 0.4) is 0 Å². The number of nitrogens with one attached hydrogen (secondary N) is 1. The fraction of sp³-hybridized carbons (Fsp3) is 0.176. The summed E-state index contributed by atoms with van der Waals surface area (Å²) in [6.07, 6.45) is 2.56. The SMILES string of the molecule is O=C(Nc1cnn(Cc2ccc(CO)o2)c1)OCc1ccccc1Cl. The van der Waals surface area contributed by atoms with Crippen molar-refractivity contribution in [1.82, 2.24) is 9.78 Å². The molecule has 0 fully saturated rings. The minimum absolute atomic E-state index is 0.0793. The lowest BCUT2D eigenvalue weighted by Crippen LogP contribution is -2.13. The molecule has 1 aromatic carbocycles. The molecule has 0 saturated heterocycles. The molecule has 0 unspecified atom stereocenters. The zero-order chi connectivity index (χ0) is 17.6. The predicted molar refractivity (Wildman–Crippen MR) is 91.2 cm³/mol. The van der Waals surface area contributed by atoms with Crippen LogP contribution in [0.5, 0.6) is 0 Å². The van der Waals surface area contributed by atoms with Gasteiger partial charge in [0.05, 0.1) is 18.4 Å². The van der Waals surface area contributed by atoms with Crippen LogP contribution < -0.4 is 5.32 Å². The summed E-state index contributed by atoms with van der Waals surface area (Å²) in [5.41, 5.74) is 1.23. The van der Waals surface area contributed by atoms with E-state index in [4.69, 9.17) is 25.9 Å². The van der Waals surface area contributed by atoms with Crippen molar-refractivity contribution < 1.29 is 19.1 Å². The standard InChI is InChI=1S/C17H16ClN3O4/c18-16-4-2-1-3-12(16)11-24-17(23)20-13-7-19-21(8-13)9-14-5-6-15(10-22)25-14/h1-8,22H,9-11H2,(H,20,23). The van der Waals surface area contributed by atoms with Crippen LogP contribution in [-0.2, 0) is 24.5 Å². The molecule has 3 aromatic rings. The number of ether oxygens (including phenoxy) is 1. The summed E-state index contributed by atoms with van der Waals surface area (Å²) in [7, 11) is 0. The molecule has 0 aliphatic heterocycles. The molecule has 25 heavy (non-hydrogen) atoms. The highest BCUT2D eigenvalue weighted by molar-refractivity contribution is 6.31. The van der Waals surface area contributed by atoms with Crippen molar-refractivity contribution >= 4 is 23.4 Å². The average Bonchev–Trinajstić information content (AvgIpc) is 3.24. The number of aromatic nitrogens is 2. The average molecular weight is 362 g/mol. The number of furan rings is 1. The monoisotopic (exact) mass is 361 g/mol. The molecule has 2 N–H and O–H groups in total. The van der Waals surface area contributed by atoms with Gasteiger partial charge in [-0.25, -0.2) is 4.79 Å². The highest BCUT2D eigenvalue weighted by Crippen LogP contribution is 2.16. The smallest absolute Gasteiger partial charge is 0.412 e. The van der Waals surface area contributed by atoms with Gasteiger partial charge in [0, 0.05) is 16.8 Å². The Morgan fingerprint density at radius 2 is 2.08 bits per heavy atom. The van der Waals surface area contributed by atoms with Gasteiger partial charge in [0.25, 0.3) is 0 Å². The van der Waals surface area contributed by atoms with E-state index < -0.39 is 6.09 Å². The summed E-state index contributed by atoms with van der Waals surface area (Å²) in [5.74, 6) is 1.14. The third-order valence-electron chi connectivity index (χ3n) is 3.39. The Kier molecular flexibility index (Phi) is 5.37. The first-order valence-electron chi connectivity index (χ1n) is 7.52. The number of carbonyl (C=O) groups excluding carboxylic acids is 1. The molecule has 2 aromatic heterocycles. The van der Waals surface area contributed by atoms with Crippen LogP contribution in [0, 0.1) is 0 Å². The first-order chi connectivity index (χ1) is 12.1. The number of benzene rings is 1. The van der Waals surface area contributed by atoms with Crippen molar-refractivity contribution in [2.45, 2.75) is 19.8 Å². The molecule has 0 saturated carbocycles. The number of carbonyl (C=O) groups is 1. The summed E-state index contributed by atoms with van der Waals surface area (Å²) in [5, 5.41) is 16.3. The zero-order valence-electron chi connectivity index (χ0n) is 13.2. The molecule has 0 spiro atoms. The first kappa shape index (κ1) is 17.1. The van der Waals surface area contributed by atoms with Crippen LogP contribution in [0.1, 0.15) is 17.1 Å². The Morgan fingerprint density at radius 3 is 2.84 bits per heavy atom. The molecule has 1 amide bonds.